The Bertz CT molecular complexity index is 729. The topological polar surface area (TPSA) is 26.3 Å². The van der Waals surface area contributed by atoms with Gasteiger partial charge in [0.15, 0.2) is 0 Å². The van der Waals surface area contributed by atoms with Gasteiger partial charge < -0.3 is 4.74 Å². The summed E-state index contributed by atoms with van der Waals surface area (Å²) in [6.07, 6.45) is 0. The van der Waals surface area contributed by atoms with Crippen LogP contribution in [0.15, 0.2) is 53.9 Å². The molecular weight excluding hydrogens is 256 g/mol. The molecule has 0 spiro atoms. The fourth-order valence-corrected chi connectivity index (χ4v) is 3.12. The molecule has 3 rings (SSSR count). The average Bonchev–Trinajstić information content (AvgIpc) is 2.90. The summed E-state index contributed by atoms with van der Waals surface area (Å²) < 4.78 is 5.84. The van der Waals surface area contributed by atoms with Crippen molar-refractivity contribution in [2.24, 2.45) is 0 Å². The van der Waals surface area contributed by atoms with E-state index in [9.17, 15) is 4.79 Å². The van der Waals surface area contributed by atoms with Crippen molar-refractivity contribution in [1.82, 2.24) is 0 Å². The first-order chi connectivity index (χ1) is 9.29. The van der Waals surface area contributed by atoms with E-state index in [2.05, 4.69) is 17.5 Å². The van der Waals surface area contributed by atoms with Crippen LogP contribution in [0.25, 0.3) is 21.2 Å². The van der Waals surface area contributed by atoms with Crippen molar-refractivity contribution in [2.75, 3.05) is 7.11 Å². The minimum absolute atomic E-state index is 0.295. The number of carbonyl (C=O) groups is 1. The number of ether oxygens (including phenoxy) is 1. The molecule has 0 aliphatic carbocycles. The summed E-state index contributed by atoms with van der Waals surface area (Å²) >= 11 is 1.64. The first-order valence-electron chi connectivity index (χ1n) is 5.94. The highest BCUT2D eigenvalue weighted by molar-refractivity contribution is 7.17. The number of thiophene rings is 1. The normalized spacial score (nSPS) is 10.6. The number of fused-ring (bicyclic) bond motifs is 1. The number of hydrogen-bond acceptors (Lipinski definition) is 3. The van der Waals surface area contributed by atoms with Crippen LogP contribution >= 0.6 is 11.3 Å². The minimum Gasteiger partial charge on any atom is -0.465 e. The molecule has 94 valence electrons. The summed E-state index contributed by atoms with van der Waals surface area (Å²) in [6, 6.07) is 15.9. The first-order valence-corrected chi connectivity index (χ1v) is 6.82. The number of carbonyl (C=O) groups excluding carboxylic acids is 1. The maximum atomic E-state index is 11.5. The van der Waals surface area contributed by atoms with Crippen molar-refractivity contribution in [3.05, 3.63) is 59.5 Å². The van der Waals surface area contributed by atoms with Crippen LogP contribution < -0.4 is 0 Å². The Hall–Kier alpha value is -2.13. The molecule has 3 aromatic rings. The highest BCUT2D eigenvalue weighted by Gasteiger charge is 2.10. The van der Waals surface area contributed by atoms with E-state index in [-0.39, 0.29) is 5.97 Å². The largest absolute Gasteiger partial charge is 0.465 e. The summed E-state index contributed by atoms with van der Waals surface area (Å²) in [5, 5.41) is 3.30. The molecular formula is C16H12O2S. The second-order valence-corrected chi connectivity index (χ2v) is 5.13. The van der Waals surface area contributed by atoms with Crippen molar-refractivity contribution in [3.63, 3.8) is 0 Å². The third kappa shape index (κ3) is 2.13. The number of rotatable bonds is 2. The molecule has 0 aliphatic heterocycles. The Labute approximate surface area is 115 Å². The van der Waals surface area contributed by atoms with Crippen LogP contribution in [0.3, 0.4) is 0 Å². The maximum absolute atomic E-state index is 11.5. The summed E-state index contributed by atoms with van der Waals surface area (Å²) in [5.74, 6) is -0.295. The lowest BCUT2D eigenvalue weighted by Crippen LogP contribution is -1.99. The van der Waals surface area contributed by atoms with Gasteiger partial charge in [-0.15, -0.1) is 11.3 Å². The Kier molecular flexibility index (Phi) is 3.05. The molecule has 1 heterocycles. The van der Waals surface area contributed by atoms with Crippen LogP contribution in [0.2, 0.25) is 0 Å². The van der Waals surface area contributed by atoms with Crippen LogP contribution in [0.4, 0.5) is 0 Å². The molecule has 0 N–H and O–H groups in total. The van der Waals surface area contributed by atoms with E-state index in [1.165, 1.54) is 23.6 Å². The van der Waals surface area contributed by atoms with Gasteiger partial charge in [-0.05, 0) is 23.1 Å². The Morgan fingerprint density at radius 2 is 1.89 bits per heavy atom. The number of methoxy groups -OCH3 is 1. The number of benzene rings is 2. The van der Waals surface area contributed by atoms with Gasteiger partial charge >= 0.3 is 5.97 Å². The van der Waals surface area contributed by atoms with Crippen molar-refractivity contribution >= 4 is 27.4 Å². The molecule has 1 aromatic heterocycles. The lowest BCUT2D eigenvalue weighted by Gasteiger charge is -2.01. The Morgan fingerprint density at radius 1 is 1.11 bits per heavy atom. The lowest BCUT2D eigenvalue weighted by molar-refractivity contribution is 0.0601. The van der Waals surface area contributed by atoms with Gasteiger partial charge in [0.2, 0.25) is 0 Å². The number of hydrogen-bond donors (Lipinski definition) is 0. The zero-order valence-corrected chi connectivity index (χ0v) is 11.2. The van der Waals surface area contributed by atoms with Crippen LogP contribution in [-0.4, -0.2) is 13.1 Å². The molecule has 0 saturated heterocycles. The standard InChI is InChI=1S/C16H12O2S/c1-18-16(17)12-7-8-13-14(10-19-15(13)9-12)11-5-3-2-4-6-11/h2-10H,1H3. The van der Waals surface area contributed by atoms with E-state index in [1.54, 1.807) is 11.3 Å². The summed E-state index contributed by atoms with van der Waals surface area (Å²) in [7, 11) is 1.40. The Balaban J connectivity index is 2.13. The monoisotopic (exact) mass is 268 g/mol. The second-order valence-electron chi connectivity index (χ2n) is 4.22. The van der Waals surface area contributed by atoms with E-state index >= 15 is 0 Å². The van der Waals surface area contributed by atoms with Crippen molar-refractivity contribution < 1.29 is 9.53 Å². The van der Waals surface area contributed by atoms with Gasteiger partial charge in [0.1, 0.15) is 0 Å². The highest BCUT2D eigenvalue weighted by Crippen LogP contribution is 2.34. The molecule has 0 fully saturated rings. The summed E-state index contributed by atoms with van der Waals surface area (Å²) in [4.78, 5) is 11.5. The predicted molar refractivity (Wildman–Crippen MR) is 78.6 cm³/mol. The third-order valence-corrected chi connectivity index (χ3v) is 4.03. The molecule has 0 atom stereocenters. The van der Waals surface area contributed by atoms with Gasteiger partial charge in [0, 0.05) is 15.6 Å². The molecule has 0 bridgehead atoms. The second kappa shape index (κ2) is 4.86. The lowest BCUT2D eigenvalue weighted by atomic mass is 10.0. The molecule has 0 unspecified atom stereocenters. The SMILES string of the molecule is COC(=O)c1ccc2c(-c3ccccc3)csc2c1. The van der Waals surface area contributed by atoms with Crippen LogP contribution in [-0.2, 0) is 4.74 Å². The average molecular weight is 268 g/mol. The van der Waals surface area contributed by atoms with E-state index in [0.717, 1.165) is 4.70 Å². The molecule has 0 amide bonds. The zero-order chi connectivity index (χ0) is 13.2. The fourth-order valence-electron chi connectivity index (χ4n) is 2.11. The number of esters is 1. The van der Waals surface area contributed by atoms with Gasteiger partial charge in [-0.1, -0.05) is 36.4 Å². The van der Waals surface area contributed by atoms with Gasteiger partial charge in [-0.25, -0.2) is 4.79 Å². The predicted octanol–water partition coefficient (Wildman–Crippen LogP) is 4.35. The fraction of sp³-hybridized carbons (Fsp3) is 0.0625. The molecule has 19 heavy (non-hydrogen) atoms. The molecule has 2 nitrogen and oxygen atoms in total. The summed E-state index contributed by atoms with van der Waals surface area (Å²) in [6.45, 7) is 0. The Morgan fingerprint density at radius 3 is 2.63 bits per heavy atom. The first kappa shape index (κ1) is 11.9. The molecule has 0 aliphatic rings. The molecule has 0 radical (unpaired) electrons. The highest BCUT2D eigenvalue weighted by atomic mass is 32.1. The zero-order valence-electron chi connectivity index (χ0n) is 10.4. The minimum atomic E-state index is -0.295. The maximum Gasteiger partial charge on any atom is 0.337 e. The van der Waals surface area contributed by atoms with Gasteiger partial charge in [-0.3, -0.25) is 0 Å². The third-order valence-electron chi connectivity index (χ3n) is 3.08. The van der Waals surface area contributed by atoms with Crippen LogP contribution in [0.1, 0.15) is 10.4 Å². The molecule has 0 saturated carbocycles. The van der Waals surface area contributed by atoms with E-state index in [4.69, 9.17) is 4.74 Å². The van der Waals surface area contributed by atoms with Crippen LogP contribution in [0, 0.1) is 0 Å². The van der Waals surface area contributed by atoms with Gasteiger partial charge in [0.05, 0.1) is 12.7 Å². The van der Waals surface area contributed by atoms with E-state index in [0.29, 0.717) is 5.56 Å². The van der Waals surface area contributed by atoms with Crippen molar-refractivity contribution in [1.29, 1.82) is 0 Å². The van der Waals surface area contributed by atoms with Crippen LogP contribution in [0.5, 0.6) is 0 Å². The molecule has 3 heteroatoms. The van der Waals surface area contributed by atoms with Gasteiger partial charge in [-0.2, -0.15) is 0 Å². The van der Waals surface area contributed by atoms with Crippen molar-refractivity contribution in [2.45, 2.75) is 0 Å². The van der Waals surface area contributed by atoms with Crippen molar-refractivity contribution in [3.8, 4) is 11.1 Å². The van der Waals surface area contributed by atoms with Gasteiger partial charge in [0.25, 0.3) is 0 Å². The van der Waals surface area contributed by atoms with E-state index in [1.807, 2.05) is 36.4 Å². The summed E-state index contributed by atoms with van der Waals surface area (Å²) in [5.41, 5.74) is 2.99. The molecule has 2 aromatic carbocycles. The quantitative estimate of drug-likeness (QED) is 0.646. The van der Waals surface area contributed by atoms with E-state index < -0.39 is 0 Å². The smallest absolute Gasteiger partial charge is 0.337 e.